The smallest absolute Gasteiger partial charge is 0.339 e. The number of aromatic amines is 1. The fourth-order valence-corrected chi connectivity index (χ4v) is 3.30. The molecule has 0 saturated carbocycles. The second-order valence-electron chi connectivity index (χ2n) is 7.48. The van der Waals surface area contributed by atoms with Crippen molar-refractivity contribution < 1.29 is 23.9 Å². The molecule has 3 rings (SSSR count). The summed E-state index contributed by atoms with van der Waals surface area (Å²) in [5, 5.41) is 2.73. The van der Waals surface area contributed by atoms with E-state index in [-0.39, 0.29) is 29.4 Å². The second kappa shape index (κ2) is 9.47. The topological polar surface area (TPSA) is 110 Å². The number of benzene rings is 1. The van der Waals surface area contributed by atoms with Gasteiger partial charge in [0.05, 0.1) is 36.7 Å². The third-order valence-corrected chi connectivity index (χ3v) is 5.13. The van der Waals surface area contributed by atoms with E-state index in [1.807, 2.05) is 32.0 Å². The van der Waals surface area contributed by atoms with Crippen LogP contribution >= 0.6 is 0 Å². The molecule has 8 heteroatoms. The number of methoxy groups -OCH3 is 1. The van der Waals surface area contributed by atoms with Crippen LogP contribution in [-0.4, -0.2) is 34.7 Å². The number of nitrogens with zero attached hydrogens (tertiary/aromatic N) is 1. The van der Waals surface area contributed by atoms with Crippen molar-refractivity contribution in [1.82, 2.24) is 9.97 Å². The van der Waals surface area contributed by atoms with E-state index in [9.17, 15) is 14.4 Å². The molecule has 2 N–H and O–H groups in total. The lowest BCUT2D eigenvalue weighted by atomic mass is 10.1. The number of amides is 1. The summed E-state index contributed by atoms with van der Waals surface area (Å²) in [5.41, 5.74) is 4.01. The van der Waals surface area contributed by atoms with Gasteiger partial charge in [-0.05, 0) is 55.7 Å². The summed E-state index contributed by atoms with van der Waals surface area (Å²) >= 11 is 0. The van der Waals surface area contributed by atoms with Crippen molar-refractivity contribution in [2.24, 2.45) is 0 Å². The summed E-state index contributed by atoms with van der Waals surface area (Å²) in [6.07, 6.45) is 1.34. The average molecular weight is 435 g/mol. The van der Waals surface area contributed by atoms with Gasteiger partial charge in [-0.15, -0.1) is 0 Å². The summed E-state index contributed by atoms with van der Waals surface area (Å²) in [7, 11) is 1.25. The first-order valence-electron chi connectivity index (χ1n) is 10.0. The molecule has 0 radical (unpaired) electrons. The molecule has 1 amide bonds. The number of hydrogen-bond acceptors (Lipinski definition) is 6. The molecule has 1 aromatic carbocycles. The number of pyridine rings is 1. The van der Waals surface area contributed by atoms with Gasteiger partial charge in [-0.2, -0.15) is 0 Å². The molecule has 0 aliphatic carbocycles. The summed E-state index contributed by atoms with van der Waals surface area (Å²) in [6.45, 7) is 7.05. The molecule has 0 unspecified atom stereocenters. The first kappa shape index (κ1) is 22.7. The highest BCUT2D eigenvalue weighted by atomic mass is 16.5. The number of aromatic nitrogens is 2. The van der Waals surface area contributed by atoms with Gasteiger partial charge in [-0.1, -0.05) is 6.07 Å². The Bertz CT molecular complexity index is 1180. The molecule has 2 heterocycles. The highest BCUT2D eigenvalue weighted by Crippen LogP contribution is 2.24. The third kappa shape index (κ3) is 5.03. The van der Waals surface area contributed by atoms with Gasteiger partial charge in [0.1, 0.15) is 5.75 Å². The number of rotatable bonds is 7. The highest BCUT2D eigenvalue weighted by Gasteiger charge is 2.24. The van der Waals surface area contributed by atoms with Crippen LogP contribution in [0.1, 0.15) is 50.2 Å². The van der Waals surface area contributed by atoms with Gasteiger partial charge >= 0.3 is 5.97 Å². The lowest BCUT2D eigenvalue weighted by molar-refractivity contribution is -0.115. The zero-order valence-corrected chi connectivity index (χ0v) is 18.7. The zero-order valence-electron chi connectivity index (χ0n) is 18.7. The van der Waals surface area contributed by atoms with Crippen LogP contribution in [0.25, 0.3) is 0 Å². The number of carbonyl (C=O) groups is 3. The van der Waals surface area contributed by atoms with Crippen LogP contribution in [0.2, 0.25) is 0 Å². The zero-order chi connectivity index (χ0) is 23.4. The average Bonchev–Trinajstić information content (AvgIpc) is 3.07. The predicted octanol–water partition coefficient (Wildman–Crippen LogP) is 4.30. The molecule has 2 aromatic heterocycles. The van der Waals surface area contributed by atoms with Crippen LogP contribution in [0, 0.1) is 20.8 Å². The number of aryl methyl sites for hydroxylation is 2. The Morgan fingerprint density at radius 2 is 1.81 bits per heavy atom. The van der Waals surface area contributed by atoms with Gasteiger partial charge in [0, 0.05) is 18.7 Å². The van der Waals surface area contributed by atoms with Crippen molar-refractivity contribution >= 4 is 23.3 Å². The molecule has 0 aliphatic rings. The molecule has 0 atom stereocenters. The molecule has 0 bridgehead atoms. The molecular formula is C24H25N3O5. The monoisotopic (exact) mass is 435 g/mol. The normalized spacial score (nSPS) is 10.5. The number of H-pyrrole nitrogens is 1. The lowest BCUT2D eigenvalue weighted by Crippen LogP contribution is -2.17. The molecular weight excluding hydrogens is 410 g/mol. The fourth-order valence-electron chi connectivity index (χ4n) is 3.30. The van der Waals surface area contributed by atoms with Crippen LogP contribution in [0.3, 0.4) is 0 Å². The fraction of sp³-hybridized carbons (Fsp3) is 0.250. The Morgan fingerprint density at radius 3 is 2.41 bits per heavy atom. The Morgan fingerprint density at radius 1 is 1.06 bits per heavy atom. The minimum absolute atomic E-state index is 0.139. The summed E-state index contributed by atoms with van der Waals surface area (Å²) < 4.78 is 10.6. The van der Waals surface area contributed by atoms with Gasteiger partial charge < -0.3 is 19.8 Å². The maximum absolute atomic E-state index is 12.6. The molecule has 0 spiro atoms. The van der Waals surface area contributed by atoms with Crippen LogP contribution in [0.4, 0.5) is 5.69 Å². The quantitative estimate of drug-likeness (QED) is 0.423. The minimum atomic E-state index is -0.608. The maximum atomic E-state index is 12.6. The number of hydrogen-bond donors (Lipinski definition) is 2. The number of carbonyl (C=O) groups excluding carboxylic acids is 3. The van der Waals surface area contributed by atoms with E-state index in [1.165, 1.54) is 25.8 Å². The SMILES string of the molecule is COC(=O)c1c(CC(=O)Nc2ccc(Oc3ccc(C)c(C)c3)nc2)[nH]c(C(C)=O)c1C. The van der Waals surface area contributed by atoms with Crippen LogP contribution in [-0.2, 0) is 16.0 Å². The number of anilines is 1. The van der Waals surface area contributed by atoms with Crippen molar-refractivity contribution in [3.05, 3.63) is 70.2 Å². The summed E-state index contributed by atoms with van der Waals surface area (Å²) in [4.78, 5) is 43.6. The van der Waals surface area contributed by atoms with Crippen molar-refractivity contribution in [2.75, 3.05) is 12.4 Å². The standard InChI is InChI=1S/C24H25N3O5/c1-13-6-8-18(10-14(13)2)32-21-9-7-17(12-25-21)26-20(29)11-19-22(24(30)31-5)15(3)23(27-19)16(4)28/h6-10,12,27H,11H2,1-5H3,(H,26,29). The van der Waals surface area contributed by atoms with Gasteiger partial charge in [0.2, 0.25) is 11.8 Å². The van der Waals surface area contributed by atoms with Crippen molar-refractivity contribution in [3.63, 3.8) is 0 Å². The summed E-state index contributed by atoms with van der Waals surface area (Å²) in [6, 6.07) is 9.09. The van der Waals surface area contributed by atoms with E-state index in [0.29, 0.717) is 28.6 Å². The van der Waals surface area contributed by atoms with E-state index in [0.717, 1.165) is 5.56 Å². The molecule has 166 valence electrons. The molecule has 0 saturated heterocycles. The Hall–Kier alpha value is -3.94. The molecule has 0 fully saturated rings. The van der Waals surface area contributed by atoms with E-state index in [1.54, 1.807) is 19.1 Å². The Balaban J connectivity index is 1.70. The van der Waals surface area contributed by atoms with E-state index in [4.69, 9.17) is 9.47 Å². The lowest BCUT2D eigenvalue weighted by Gasteiger charge is -2.09. The Kier molecular flexibility index (Phi) is 6.73. The van der Waals surface area contributed by atoms with Crippen molar-refractivity contribution in [3.8, 4) is 11.6 Å². The second-order valence-corrected chi connectivity index (χ2v) is 7.48. The number of nitrogens with one attached hydrogen (secondary N) is 2. The van der Waals surface area contributed by atoms with Crippen molar-refractivity contribution in [2.45, 2.75) is 34.1 Å². The van der Waals surface area contributed by atoms with Gasteiger partial charge in [0.25, 0.3) is 0 Å². The van der Waals surface area contributed by atoms with E-state index >= 15 is 0 Å². The molecule has 32 heavy (non-hydrogen) atoms. The third-order valence-electron chi connectivity index (χ3n) is 5.13. The molecule has 3 aromatic rings. The van der Waals surface area contributed by atoms with Crippen LogP contribution in [0.15, 0.2) is 36.5 Å². The number of ketones is 1. The first-order valence-corrected chi connectivity index (χ1v) is 10.0. The first-order chi connectivity index (χ1) is 15.2. The van der Waals surface area contributed by atoms with Crippen LogP contribution < -0.4 is 10.1 Å². The van der Waals surface area contributed by atoms with Gasteiger partial charge in [-0.25, -0.2) is 9.78 Å². The van der Waals surface area contributed by atoms with Gasteiger partial charge in [-0.3, -0.25) is 9.59 Å². The van der Waals surface area contributed by atoms with Crippen molar-refractivity contribution in [1.29, 1.82) is 0 Å². The van der Waals surface area contributed by atoms with E-state index < -0.39 is 5.97 Å². The van der Waals surface area contributed by atoms with Gasteiger partial charge in [0.15, 0.2) is 5.78 Å². The highest BCUT2D eigenvalue weighted by molar-refractivity contribution is 6.02. The molecule has 8 nitrogen and oxygen atoms in total. The number of esters is 1. The summed E-state index contributed by atoms with van der Waals surface area (Å²) in [5.74, 6) is -0.149. The Labute approximate surface area is 186 Å². The van der Waals surface area contributed by atoms with E-state index in [2.05, 4.69) is 15.3 Å². The largest absolute Gasteiger partial charge is 0.465 e. The number of ether oxygens (including phenoxy) is 2. The predicted molar refractivity (Wildman–Crippen MR) is 119 cm³/mol. The van der Waals surface area contributed by atoms with Crippen LogP contribution in [0.5, 0.6) is 11.6 Å². The molecule has 0 aliphatic heterocycles. The maximum Gasteiger partial charge on any atom is 0.339 e. The number of Topliss-reactive ketones (excluding diaryl/α,β-unsaturated/α-hetero) is 1. The minimum Gasteiger partial charge on any atom is -0.465 e.